The smallest absolute Gasteiger partial charge is 0.270 e. The van der Waals surface area contributed by atoms with Crippen LogP contribution in [0.25, 0.3) is 10.9 Å². The number of ether oxygens (including phenoxy) is 1. The van der Waals surface area contributed by atoms with Gasteiger partial charge in [0.05, 0.1) is 12.1 Å². The molecule has 4 nitrogen and oxygen atoms in total. The second-order valence-corrected chi connectivity index (χ2v) is 5.48. The molecule has 0 atom stereocenters. The summed E-state index contributed by atoms with van der Waals surface area (Å²) in [4.78, 5) is 16.5. The van der Waals surface area contributed by atoms with E-state index in [1.165, 1.54) is 0 Å². The van der Waals surface area contributed by atoms with Crippen LogP contribution in [0.2, 0.25) is 0 Å². The molecule has 124 valence electrons. The highest BCUT2D eigenvalue weighted by Gasteiger charge is 2.06. The largest absolute Gasteiger partial charge is 0.481 e. The third-order valence-electron chi connectivity index (χ3n) is 3.69. The maximum atomic E-state index is 12.1. The number of pyridine rings is 1. The van der Waals surface area contributed by atoms with E-state index in [0.29, 0.717) is 5.69 Å². The monoisotopic (exact) mass is 330 g/mol. The normalized spacial score (nSPS) is 9.96. The fraction of sp³-hybridized carbons (Fsp3) is 0.143. The number of nitrogens with zero attached hydrogens (tertiary/aromatic N) is 1. The Morgan fingerprint density at radius 1 is 1.04 bits per heavy atom. The minimum atomic E-state index is -0.236. The van der Waals surface area contributed by atoms with Crippen LogP contribution in [0.4, 0.5) is 0 Å². The highest BCUT2D eigenvalue weighted by atomic mass is 16.5. The molecule has 0 saturated heterocycles. The Bertz CT molecular complexity index is 955. The van der Waals surface area contributed by atoms with E-state index in [0.717, 1.165) is 22.2 Å². The Morgan fingerprint density at radius 3 is 2.72 bits per heavy atom. The van der Waals surface area contributed by atoms with Gasteiger partial charge in [0.25, 0.3) is 5.91 Å². The zero-order valence-electron chi connectivity index (χ0n) is 14.0. The van der Waals surface area contributed by atoms with Crippen LogP contribution >= 0.6 is 0 Å². The van der Waals surface area contributed by atoms with E-state index >= 15 is 0 Å². The number of aromatic nitrogens is 1. The lowest BCUT2D eigenvalue weighted by molar-refractivity contribution is 0.0954. The lowest BCUT2D eigenvalue weighted by Crippen LogP contribution is -2.24. The zero-order chi connectivity index (χ0) is 17.5. The molecule has 0 unspecified atom stereocenters. The maximum absolute atomic E-state index is 12.1. The van der Waals surface area contributed by atoms with Crippen LogP contribution in [0.15, 0.2) is 60.7 Å². The number of aryl methyl sites for hydroxylation is 1. The number of fused-ring (bicyclic) bond motifs is 1. The van der Waals surface area contributed by atoms with Crippen molar-refractivity contribution in [2.75, 3.05) is 13.2 Å². The van der Waals surface area contributed by atoms with E-state index in [1.807, 2.05) is 61.5 Å². The molecule has 0 fully saturated rings. The Hall–Kier alpha value is -3.32. The first-order chi connectivity index (χ1) is 12.2. The van der Waals surface area contributed by atoms with E-state index < -0.39 is 0 Å². The average Bonchev–Trinajstić information content (AvgIpc) is 2.65. The summed E-state index contributed by atoms with van der Waals surface area (Å²) in [6.07, 6.45) is 0. The average molecular weight is 330 g/mol. The number of amides is 1. The number of rotatable bonds is 4. The van der Waals surface area contributed by atoms with Gasteiger partial charge in [-0.15, -0.1) is 0 Å². The highest BCUT2D eigenvalue weighted by Crippen LogP contribution is 2.15. The molecular formula is C21H18N2O2. The zero-order valence-corrected chi connectivity index (χ0v) is 14.0. The molecule has 0 aliphatic carbocycles. The standard InChI is InChI=1S/C21H18N2O2/c1-16-8-2-5-11-20(16)25-15-7-6-14-22-21(24)19-13-12-17-9-3-4-10-18(17)23-19/h2-5,8-13H,14-15H2,1H3,(H,22,24). The van der Waals surface area contributed by atoms with Gasteiger partial charge in [0.1, 0.15) is 18.1 Å². The van der Waals surface area contributed by atoms with Crippen LogP contribution in [0.1, 0.15) is 16.1 Å². The summed E-state index contributed by atoms with van der Waals surface area (Å²) in [7, 11) is 0. The van der Waals surface area contributed by atoms with Gasteiger partial charge in [-0.25, -0.2) is 4.98 Å². The van der Waals surface area contributed by atoms with Crippen molar-refractivity contribution < 1.29 is 9.53 Å². The number of benzene rings is 2. The minimum absolute atomic E-state index is 0.236. The summed E-state index contributed by atoms with van der Waals surface area (Å²) in [5.74, 6) is 6.35. The number of para-hydroxylation sites is 2. The molecular weight excluding hydrogens is 312 g/mol. The van der Waals surface area contributed by atoms with Gasteiger partial charge >= 0.3 is 0 Å². The van der Waals surface area contributed by atoms with Crippen molar-refractivity contribution in [1.29, 1.82) is 0 Å². The lowest BCUT2D eigenvalue weighted by Gasteiger charge is -2.04. The molecule has 0 aliphatic heterocycles. The number of hydrogen-bond acceptors (Lipinski definition) is 3. The highest BCUT2D eigenvalue weighted by molar-refractivity contribution is 5.94. The Morgan fingerprint density at radius 2 is 1.84 bits per heavy atom. The van der Waals surface area contributed by atoms with Gasteiger partial charge in [-0.2, -0.15) is 0 Å². The first kappa shape index (κ1) is 16.5. The van der Waals surface area contributed by atoms with E-state index in [4.69, 9.17) is 4.74 Å². The molecule has 1 heterocycles. The second-order valence-electron chi connectivity index (χ2n) is 5.48. The second kappa shape index (κ2) is 7.98. The molecule has 1 N–H and O–H groups in total. The predicted octanol–water partition coefficient (Wildman–Crippen LogP) is 3.36. The SMILES string of the molecule is Cc1ccccc1OCC#CCNC(=O)c1ccc2ccccc2n1. The molecule has 0 bridgehead atoms. The maximum Gasteiger partial charge on any atom is 0.270 e. The summed E-state index contributed by atoms with van der Waals surface area (Å²) < 4.78 is 5.58. The lowest BCUT2D eigenvalue weighted by atomic mass is 10.2. The molecule has 4 heteroatoms. The fourth-order valence-electron chi connectivity index (χ4n) is 2.35. The molecule has 1 amide bonds. The summed E-state index contributed by atoms with van der Waals surface area (Å²) >= 11 is 0. The van der Waals surface area contributed by atoms with Crippen LogP contribution < -0.4 is 10.1 Å². The summed E-state index contributed by atoms with van der Waals surface area (Å²) in [5, 5.41) is 3.75. The van der Waals surface area contributed by atoms with E-state index in [-0.39, 0.29) is 19.1 Å². The van der Waals surface area contributed by atoms with Crippen molar-refractivity contribution in [3.8, 4) is 17.6 Å². The van der Waals surface area contributed by atoms with Gasteiger partial charge in [-0.3, -0.25) is 4.79 Å². The van der Waals surface area contributed by atoms with Crippen LogP contribution in [0.5, 0.6) is 5.75 Å². The molecule has 0 aliphatic rings. The van der Waals surface area contributed by atoms with Crippen molar-refractivity contribution in [2.24, 2.45) is 0 Å². The molecule has 1 aromatic heterocycles. The van der Waals surface area contributed by atoms with Crippen LogP contribution in [-0.2, 0) is 0 Å². The predicted molar refractivity (Wildman–Crippen MR) is 98.5 cm³/mol. The van der Waals surface area contributed by atoms with E-state index in [9.17, 15) is 4.79 Å². The first-order valence-corrected chi connectivity index (χ1v) is 8.02. The molecule has 3 aromatic rings. The van der Waals surface area contributed by atoms with Crippen molar-refractivity contribution in [1.82, 2.24) is 10.3 Å². The van der Waals surface area contributed by atoms with Gasteiger partial charge in [0.15, 0.2) is 0 Å². The van der Waals surface area contributed by atoms with Crippen LogP contribution in [0.3, 0.4) is 0 Å². The minimum Gasteiger partial charge on any atom is -0.481 e. The Balaban J connectivity index is 1.50. The third-order valence-corrected chi connectivity index (χ3v) is 3.69. The van der Waals surface area contributed by atoms with Crippen molar-refractivity contribution >= 4 is 16.8 Å². The number of hydrogen-bond donors (Lipinski definition) is 1. The molecule has 2 aromatic carbocycles. The van der Waals surface area contributed by atoms with Gasteiger partial charge < -0.3 is 10.1 Å². The first-order valence-electron chi connectivity index (χ1n) is 8.02. The third kappa shape index (κ3) is 4.36. The number of carbonyl (C=O) groups is 1. The summed E-state index contributed by atoms with van der Waals surface area (Å²) in [6.45, 7) is 2.53. The summed E-state index contributed by atoms with van der Waals surface area (Å²) in [5.41, 5.74) is 2.25. The van der Waals surface area contributed by atoms with Crippen molar-refractivity contribution in [2.45, 2.75) is 6.92 Å². The number of nitrogens with one attached hydrogen (secondary N) is 1. The van der Waals surface area contributed by atoms with Gasteiger partial charge in [-0.1, -0.05) is 54.3 Å². The molecule has 0 radical (unpaired) electrons. The van der Waals surface area contributed by atoms with E-state index in [2.05, 4.69) is 22.1 Å². The van der Waals surface area contributed by atoms with Gasteiger partial charge in [-0.05, 0) is 30.7 Å². The molecule has 0 spiro atoms. The topological polar surface area (TPSA) is 51.2 Å². The number of carbonyl (C=O) groups excluding carboxylic acids is 1. The van der Waals surface area contributed by atoms with Crippen LogP contribution in [0, 0.1) is 18.8 Å². The Labute approximate surface area is 146 Å². The van der Waals surface area contributed by atoms with E-state index in [1.54, 1.807) is 6.07 Å². The van der Waals surface area contributed by atoms with Crippen LogP contribution in [-0.4, -0.2) is 24.0 Å². The van der Waals surface area contributed by atoms with Gasteiger partial charge in [0.2, 0.25) is 0 Å². The molecule has 0 saturated carbocycles. The molecule has 3 rings (SSSR count). The van der Waals surface area contributed by atoms with Crippen molar-refractivity contribution in [3.63, 3.8) is 0 Å². The Kier molecular flexibility index (Phi) is 5.28. The fourth-order valence-corrected chi connectivity index (χ4v) is 2.35. The molecule has 25 heavy (non-hydrogen) atoms. The summed E-state index contributed by atoms with van der Waals surface area (Å²) in [6, 6.07) is 19.1. The van der Waals surface area contributed by atoms with Gasteiger partial charge in [0, 0.05) is 5.39 Å². The quantitative estimate of drug-likeness (QED) is 0.746. The van der Waals surface area contributed by atoms with Crippen molar-refractivity contribution in [3.05, 3.63) is 71.9 Å².